The Morgan fingerprint density at radius 3 is 3.00 bits per heavy atom. The lowest BCUT2D eigenvalue weighted by atomic mass is 10.1. The molecule has 2 heterocycles. The van der Waals surface area contributed by atoms with Gasteiger partial charge in [0.05, 0.1) is 5.92 Å². The maximum absolute atomic E-state index is 12.2. The second kappa shape index (κ2) is 6.48. The van der Waals surface area contributed by atoms with Crippen LogP contribution >= 0.6 is 11.6 Å². The van der Waals surface area contributed by atoms with Gasteiger partial charge in [-0.25, -0.2) is 0 Å². The summed E-state index contributed by atoms with van der Waals surface area (Å²) in [6.45, 7) is 3.18. The Morgan fingerprint density at radius 1 is 1.41 bits per heavy atom. The van der Waals surface area contributed by atoms with Crippen molar-refractivity contribution in [2.24, 2.45) is 0 Å². The van der Waals surface area contributed by atoms with Crippen LogP contribution in [0.25, 0.3) is 0 Å². The average Bonchev–Trinajstić information content (AvgIpc) is 3.09. The van der Waals surface area contributed by atoms with Gasteiger partial charge in [0, 0.05) is 31.0 Å². The van der Waals surface area contributed by atoms with Gasteiger partial charge in [0.25, 0.3) is 0 Å². The van der Waals surface area contributed by atoms with Gasteiger partial charge in [0.1, 0.15) is 0 Å². The minimum absolute atomic E-state index is 0.0203. The van der Waals surface area contributed by atoms with Crippen LogP contribution in [-0.4, -0.2) is 27.5 Å². The molecule has 2 aromatic rings. The monoisotopic (exact) mass is 319 g/mol. The Kier molecular flexibility index (Phi) is 4.43. The molecule has 1 aliphatic rings. The fraction of sp³-hybridized carbons (Fsp3) is 0.438. The van der Waals surface area contributed by atoms with Crippen LogP contribution < -0.4 is 0 Å². The van der Waals surface area contributed by atoms with Crippen molar-refractivity contribution in [2.45, 2.75) is 38.6 Å². The standard InChI is InChI=1S/C16H18ClN3O2/c1-2-5-14-18-16(22-19-14)12-8-15(21)20(10-12)9-11-6-3-4-7-13(11)17/h3-4,6-7,12H,2,5,8-10H2,1H3. The largest absolute Gasteiger partial charge is 0.339 e. The Bertz CT molecular complexity index is 671. The first-order valence-corrected chi connectivity index (χ1v) is 7.88. The lowest BCUT2D eigenvalue weighted by Gasteiger charge is -2.16. The number of carbonyl (C=O) groups excluding carboxylic acids is 1. The molecule has 116 valence electrons. The van der Waals surface area contributed by atoms with E-state index in [1.165, 1.54) is 0 Å². The van der Waals surface area contributed by atoms with Crippen LogP contribution in [0.15, 0.2) is 28.8 Å². The van der Waals surface area contributed by atoms with E-state index in [2.05, 4.69) is 17.1 Å². The zero-order valence-electron chi connectivity index (χ0n) is 12.5. The third-order valence-corrected chi connectivity index (χ3v) is 4.21. The predicted molar refractivity (Wildman–Crippen MR) is 82.5 cm³/mol. The molecule has 3 rings (SSSR count). The number of likely N-dealkylation sites (tertiary alicyclic amines) is 1. The van der Waals surface area contributed by atoms with Crippen LogP contribution in [0.2, 0.25) is 5.02 Å². The number of amides is 1. The summed E-state index contributed by atoms with van der Waals surface area (Å²) in [6.07, 6.45) is 2.19. The van der Waals surface area contributed by atoms with E-state index in [9.17, 15) is 4.79 Å². The molecule has 6 heteroatoms. The highest BCUT2D eigenvalue weighted by molar-refractivity contribution is 6.31. The molecule has 1 atom stereocenters. The molecule has 1 aromatic carbocycles. The zero-order chi connectivity index (χ0) is 15.5. The molecule has 22 heavy (non-hydrogen) atoms. The van der Waals surface area contributed by atoms with Crippen LogP contribution in [0, 0.1) is 0 Å². The molecule has 1 aromatic heterocycles. The lowest BCUT2D eigenvalue weighted by molar-refractivity contribution is -0.128. The second-order valence-corrected chi connectivity index (χ2v) is 5.97. The normalized spacial score (nSPS) is 18.2. The molecule has 0 radical (unpaired) electrons. The number of nitrogens with zero attached hydrogens (tertiary/aromatic N) is 3. The zero-order valence-corrected chi connectivity index (χ0v) is 13.2. The molecule has 1 saturated heterocycles. The summed E-state index contributed by atoms with van der Waals surface area (Å²) in [4.78, 5) is 18.4. The summed E-state index contributed by atoms with van der Waals surface area (Å²) in [5, 5.41) is 4.64. The average molecular weight is 320 g/mol. The van der Waals surface area contributed by atoms with Crippen LogP contribution in [0.5, 0.6) is 0 Å². The van der Waals surface area contributed by atoms with Gasteiger partial charge in [-0.15, -0.1) is 0 Å². The van der Waals surface area contributed by atoms with E-state index in [1.807, 2.05) is 24.3 Å². The molecule has 0 bridgehead atoms. The Labute approximate surface area is 134 Å². The topological polar surface area (TPSA) is 59.2 Å². The third kappa shape index (κ3) is 3.14. The fourth-order valence-corrected chi connectivity index (χ4v) is 2.88. The smallest absolute Gasteiger partial charge is 0.232 e. The summed E-state index contributed by atoms with van der Waals surface area (Å²) in [6, 6.07) is 7.58. The number of aryl methyl sites for hydroxylation is 1. The molecule has 5 nitrogen and oxygen atoms in total. The van der Waals surface area contributed by atoms with Crippen molar-refractivity contribution in [3.63, 3.8) is 0 Å². The van der Waals surface area contributed by atoms with Crippen molar-refractivity contribution in [3.05, 3.63) is 46.6 Å². The molecule has 0 aliphatic carbocycles. The number of rotatable bonds is 5. The van der Waals surface area contributed by atoms with Crippen molar-refractivity contribution in [1.29, 1.82) is 0 Å². The van der Waals surface area contributed by atoms with Crippen molar-refractivity contribution >= 4 is 17.5 Å². The number of carbonyl (C=O) groups is 1. The maximum atomic E-state index is 12.2. The summed E-state index contributed by atoms with van der Waals surface area (Å²) < 4.78 is 5.31. The van der Waals surface area contributed by atoms with Gasteiger partial charge in [-0.3, -0.25) is 4.79 Å². The van der Waals surface area contributed by atoms with E-state index in [0.717, 1.165) is 24.2 Å². The van der Waals surface area contributed by atoms with Gasteiger partial charge < -0.3 is 9.42 Å². The van der Waals surface area contributed by atoms with Gasteiger partial charge in [-0.05, 0) is 18.1 Å². The minimum atomic E-state index is -0.0203. The summed E-state index contributed by atoms with van der Waals surface area (Å²) in [5.74, 6) is 1.36. The van der Waals surface area contributed by atoms with Crippen LogP contribution in [0.1, 0.15) is 43.0 Å². The SMILES string of the molecule is CCCc1noc(C2CC(=O)N(Cc3ccccc3Cl)C2)n1. The molecule has 0 N–H and O–H groups in total. The summed E-state index contributed by atoms with van der Waals surface area (Å²) in [5.41, 5.74) is 0.954. The fourth-order valence-electron chi connectivity index (χ4n) is 2.68. The number of halogens is 1. The van der Waals surface area contributed by atoms with E-state index < -0.39 is 0 Å². The first-order chi connectivity index (χ1) is 10.7. The molecule has 1 amide bonds. The van der Waals surface area contributed by atoms with Crippen LogP contribution in [0.3, 0.4) is 0 Å². The Balaban J connectivity index is 1.69. The minimum Gasteiger partial charge on any atom is -0.339 e. The lowest BCUT2D eigenvalue weighted by Crippen LogP contribution is -2.24. The summed E-state index contributed by atoms with van der Waals surface area (Å²) >= 11 is 6.16. The van der Waals surface area contributed by atoms with E-state index in [-0.39, 0.29) is 11.8 Å². The van der Waals surface area contributed by atoms with Crippen LogP contribution in [0.4, 0.5) is 0 Å². The number of aromatic nitrogens is 2. The molecule has 0 spiro atoms. The van der Waals surface area contributed by atoms with E-state index in [0.29, 0.717) is 30.4 Å². The van der Waals surface area contributed by atoms with Crippen molar-refractivity contribution < 1.29 is 9.32 Å². The highest BCUT2D eigenvalue weighted by Crippen LogP contribution is 2.29. The highest BCUT2D eigenvalue weighted by atomic mass is 35.5. The molecule has 1 aliphatic heterocycles. The second-order valence-electron chi connectivity index (χ2n) is 5.57. The van der Waals surface area contributed by atoms with E-state index in [1.54, 1.807) is 4.90 Å². The Morgan fingerprint density at radius 2 is 2.23 bits per heavy atom. The quantitative estimate of drug-likeness (QED) is 0.849. The number of hydrogen-bond donors (Lipinski definition) is 0. The molecule has 0 saturated carbocycles. The third-order valence-electron chi connectivity index (χ3n) is 3.84. The van der Waals surface area contributed by atoms with E-state index in [4.69, 9.17) is 16.1 Å². The van der Waals surface area contributed by atoms with Crippen molar-refractivity contribution in [3.8, 4) is 0 Å². The van der Waals surface area contributed by atoms with Gasteiger partial charge >= 0.3 is 0 Å². The molecular formula is C16H18ClN3O2. The molecule has 1 unspecified atom stereocenters. The number of hydrogen-bond acceptors (Lipinski definition) is 4. The first kappa shape index (κ1) is 15.0. The number of benzene rings is 1. The van der Waals surface area contributed by atoms with Gasteiger partial charge in [0.15, 0.2) is 5.82 Å². The van der Waals surface area contributed by atoms with Crippen molar-refractivity contribution in [2.75, 3.05) is 6.54 Å². The van der Waals surface area contributed by atoms with Gasteiger partial charge in [-0.1, -0.05) is 41.9 Å². The first-order valence-electron chi connectivity index (χ1n) is 7.51. The van der Waals surface area contributed by atoms with Gasteiger partial charge in [-0.2, -0.15) is 4.98 Å². The predicted octanol–water partition coefficient (Wildman–Crippen LogP) is 3.19. The maximum Gasteiger partial charge on any atom is 0.232 e. The molecular weight excluding hydrogens is 302 g/mol. The van der Waals surface area contributed by atoms with Crippen LogP contribution in [-0.2, 0) is 17.8 Å². The van der Waals surface area contributed by atoms with E-state index >= 15 is 0 Å². The van der Waals surface area contributed by atoms with Gasteiger partial charge in [0.2, 0.25) is 11.8 Å². The highest BCUT2D eigenvalue weighted by Gasteiger charge is 2.34. The summed E-state index contributed by atoms with van der Waals surface area (Å²) in [7, 11) is 0. The van der Waals surface area contributed by atoms with Crippen molar-refractivity contribution in [1.82, 2.24) is 15.0 Å². The molecule has 1 fully saturated rings. The Hall–Kier alpha value is -1.88.